The summed E-state index contributed by atoms with van der Waals surface area (Å²) in [5.74, 6) is -3.17. The maximum absolute atomic E-state index is 14.8. The van der Waals surface area contributed by atoms with E-state index in [0.29, 0.717) is 18.4 Å². The molecule has 0 radical (unpaired) electrons. The van der Waals surface area contributed by atoms with E-state index in [1.165, 1.54) is 11.6 Å². The first-order valence-corrected chi connectivity index (χ1v) is 14.2. The van der Waals surface area contributed by atoms with Gasteiger partial charge in [0.25, 0.3) is 0 Å². The zero-order valence-corrected chi connectivity index (χ0v) is 22.9. The van der Waals surface area contributed by atoms with Gasteiger partial charge in [-0.25, -0.2) is 9.37 Å². The lowest BCUT2D eigenvalue weighted by atomic mass is 9.78. The Balaban J connectivity index is 1.29. The van der Waals surface area contributed by atoms with E-state index in [0.717, 1.165) is 82.3 Å². The molecule has 0 unspecified atom stereocenters. The molecular formula is C30H40F3N3O3. The molecule has 0 amide bonds. The number of ether oxygens (including phenoxy) is 1. The Morgan fingerprint density at radius 1 is 1.18 bits per heavy atom. The number of carboxylic acids is 1. The second kappa shape index (κ2) is 13.5. The van der Waals surface area contributed by atoms with Crippen LogP contribution in [0.4, 0.5) is 19.0 Å². The van der Waals surface area contributed by atoms with Gasteiger partial charge in [-0.1, -0.05) is 32.4 Å². The molecule has 0 spiro atoms. The standard InChI is InChI=1S/C30H40F3N3O3/c1-19(2)22-17-24(27(25(31)18-22)39-30(32)33)26(29(37)38)20-11-15-36(16-12-20)14-5-3-4-8-23-10-9-21-7-6-13-34-28(21)35-23/h9-10,17-20,26,30H,3-8,11-16H2,1-2H3,(H,34,35)(H,37,38)/t26-/m0/s1. The van der Waals surface area contributed by atoms with Crippen LogP contribution in [0.1, 0.15) is 86.6 Å². The van der Waals surface area contributed by atoms with Crippen molar-refractivity contribution in [1.82, 2.24) is 9.88 Å². The summed E-state index contributed by atoms with van der Waals surface area (Å²) in [6.07, 6.45) is 7.59. The van der Waals surface area contributed by atoms with E-state index >= 15 is 0 Å². The molecule has 214 valence electrons. The number of rotatable bonds is 12. The number of carboxylic acid groups (broad SMARTS) is 1. The van der Waals surface area contributed by atoms with Gasteiger partial charge in [0.15, 0.2) is 11.6 Å². The highest BCUT2D eigenvalue weighted by atomic mass is 19.3. The molecule has 2 aromatic rings. The number of anilines is 1. The third kappa shape index (κ3) is 7.65. The third-order valence-corrected chi connectivity index (χ3v) is 8.03. The zero-order valence-electron chi connectivity index (χ0n) is 22.9. The van der Waals surface area contributed by atoms with Crippen LogP contribution in [0.2, 0.25) is 0 Å². The number of piperidine rings is 1. The minimum absolute atomic E-state index is 0.0101. The minimum atomic E-state index is -3.24. The summed E-state index contributed by atoms with van der Waals surface area (Å²) in [5.41, 5.74) is 3.00. The van der Waals surface area contributed by atoms with Crippen molar-refractivity contribution in [3.8, 4) is 5.75 Å². The molecule has 1 fully saturated rings. The number of aromatic nitrogens is 1. The van der Waals surface area contributed by atoms with Gasteiger partial charge >= 0.3 is 12.6 Å². The van der Waals surface area contributed by atoms with Crippen LogP contribution in [-0.2, 0) is 17.6 Å². The Bertz CT molecular complexity index is 1120. The summed E-state index contributed by atoms with van der Waals surface area (Å²) >= 11 is 0. The molecule has 39 heavy (non-hydrogen) atoms. The number of hydrogen-bond donors (Lipinski definition) is 2. The van der Waals surface area contributed by atoms with Crippen LogP contribution in [0.3, 0.4) is 0 Å². The first-order chi connectivity index (χ1) is 18.7. The van der Waals surface area contributed by atoms with Gasteiger partial charge in [-0.2, -0.15) is 8.78 Å². The first kappa shape index (κ1) is 29.2. The number of benzene rings is 1. The van der Waals surface area contributed by atoms with Crippen molar-refractivity contribution in [2.24, 2.45) is 5.92 Å². The van der Waals surface area contributed by atoms with Crippen LogP contribution in [0.15, 0.2) is 24.3 Å². The molecule has 0 saturated carbocycles. The number of aliphatic carboxylic acids is 1. The molecule has 2 aliphatic heterocycles. The number of alkyl halides is 2. The number of aryl methyl sites for hydroxylation is 2. The number of pyridine rings is 1. The minimum Gasteiger partial charge on any atom is -0.481 e. The quantitative estimate of drug-likeness (QED) is 0.292. The van der Waals surface area contributed by atoms with Crippen molar-refractivity contribution in [2.45, 2.75) is 83.7 Å². The van der Waals surface area contributed by atoms with Crippen molar-refractivity contribution in [3.05, 3.63) is 52.5 Å². The summed E-state index contributed by atoms with van der Waals surface area (Å²) in [7, 11) is 0. The van der Waals surface area contributed by atoms with Crippen molar-refractivity contribution in [3.63, 3.8) is 0 Å². The number of nitrogens with zero attached hydrogens (tertiary/aromatic N) is 2. The summed E-state index contributed by atoms with van der Waals surface area (Å²) in [6.45, 7) is 3.83. The molecule has 9 heteroatoms. The Morgan fingerprint density at radius 2 is 1.95 bits per heavy atom. The fourth-order valence-corrected chi connectivity index (χ4v) is 5.84. The van der Waals surface area contributed by atoms with E-state index in [9.17, 15) is 23.1 Å². The molecule has 1 saturated heterocycles. The SMILES string of the molecule is CC(C)c1cc(F)c(OC(F)F)c([C@@H](C(=O)O)C2CCN(CCCCCc3ccc4c(n3)NCCC4)CC2)c1. The van der Waals surface area contributed by atoms with Crippen molar-refractivity contribution < 1.29 is 27.8 Å². The average Bonchev–Trinajstić information content (AvgIpc) is 2.90. The second-order valence-corrected chi connectivity index (χ2v) is 11.1. The van der Waals surface area contributed by atoms with Crippen LogP contribution in [0.5, 0.6) is 5.75 Å². The van der Waals surface area contributed by atoms with Gasteiger partial charge in [0.2, 0.25) is 0 Å². The number of halogens is 3. The van der Waals surface area contributed by atoms with Crippen LogP contribution >= 0.6 is 0 Å². The largest absolute Gasteiger partial charge is 0.481 e. The van der Waals surface area contributed by atoms with Gasteiger partial charge in [0.05, 0.1) is 5.92 Å². The Morgan fingerprint density at radius 3 is 2.64 bits per heavy atom. The van der Waals surface area contributed by atoms with E-state index in [1.807, 2.05) is 13.8 Å². The second-order valence-electron chi connectivity index (χ2n) is 11.1. The number of unbranched alkanes of at least 4 members (excludes halogenated alkanes) is 2. The topological polar surface area (TPSA) is 74.7 Å². The summed E-state index contributed by atoms with van der Waals surface area (Å²) < 4.78 is 45.5. The normalized spacial score (nSPS) is 17.2. The predicted octanol–water partition coefficient (Wildman–Crippen LogP) is 6.60. The Labute approximate surface area is 229 Å². The molecule has 0 aliphatic carbocycles. The molecule has 2 aliphatic rings. The molecular weight excluding hydrogens is 507 g/mol. The lowest BCUT2D eigenvalue weighted by molar-refractivity contribution is -0.141. The van der Waals surface area contributed by atoms with Crippen molar-refractivity contribution in [1.29, 1.82) is 0 Å². The lowest BCUT2D eigenvalue weighted by Gasteiger charge is -2.35. The highest BCUT2D eigenvalue weighted by Crippen LogP contribution is 2.41. The van der Waals surface area contributed by atoms with E-state index in [1.54, 1.807) is 0 Å². The molecule has 1 aromatic carbocycles. The fourth-order valence-electron chi connectivity index (χ4n) is 5.84. The number of fused-ring (bicyclic) bond motifs is 1. The van der Waals surface area contributed by atoms with Gasteiger partial charge in [0, 0.05) is 17.8 Å². The van der Waals surface area contributed by atoms with E-state index in [2.05, 4.69) is 27.1 Å². The maximum atomic E-state index is 14.8. The zero-order chi connectivity index (χ0) is 27.9. The Hall–Kier alpha value is -2.81. The van der Waals surface area contributed by atoms with Gasteiger partial charge in [-0.3, -0.25) is 4.79 Å². The lowest BCUT2D eigenvalue weighted by Crippen LogP contribution is -2.38. The first-order valence-electron chi connectivity index (χ1n) is 14.2. The molecule has 2 N–H and O–H groups in total. The molecule has 0 bridgehead atoms. The van der Waals surface area contributed by atoms with Gasteiger partial charge < -0.3 is 20.1 Å². The van der Waals surface area contributed by atoms with Crippen LogP contribution < -0.4 is 10.1 Å². The number of nitrogens with one attached hydrogen (secondary N) is 1. The molecule has 1 aromatic heterocycles. The third-order valence-electron chi connectivity index (χ3n) is 8.03. The summed E-state index contributed by atoms with van der Waals surface area (Å²) in [4.78, 5) is 19.5. The van der Waals surface area contributed by atoms with Gasteiger partial charge in [-0.05, 0) is 99.7 Å². The molecule has 1 atom stereocenters. The molecule has 6 nitrogen and oxygen atoms in total. The van der Waals surface area contributed by atoms with Gasteiger partial charge in [0.1, 0.15) is 5.82 Å². The fraction of sp³-hybridized carbons (Fsp3) is 0.600. The Kier molecular flexibility index (Phi) is 10.1. The van der Waals surface area contributed by atoms with E-state index < -0.39 is 30.1 Å². The monoisotopic (exact) mass is 547 g/mol. The predicted molar refractivity (Wildman–Crippen MR) is 145 cm³/mol. The number of hydrogen-bond acceptors (Lipinski definition) is 5. The number of likely N-dealkylation sites (tertiary alicyclic amines) is 1. The highest BCUT2D eigenvalue weighted by molar-refractivity contribution is 5.78. The van der Waals surface area contributed by atoms with Crippen LogP contribution in [-0.4, -0.2) is 53.8 Å². The van der Waals surface area contributed by atoms with Crippen LogP contribution in [0.25, 0.3) is 0 Å². The molecule has 4 rings (SSSR count). The maximum Gasteiger partial charge on any atom is 0.387 e. The van der Waals surface area contributed by atoms with Gasteiger partial charge in [-0.15, -0.1) is 0 Å². The summed E-state index contributed by atoms with van der Waals surface area (Å²) in [6, 6.07) is 7.01. The van der Waals surface area contributed by atoms with Crippen molar-refractivity contribution >= 4 is 11.8 Å². The van der Waals surface area contributed by atoms with E-state index in [-0.39, 0.29) is 17.4 Å². The van der Waals surface area contributed by atoms with Crippen LogP contribution in [0, 0.1) is 11.7 Å². The molecule has 3 heterocycles. The van der Waals surface area contributed by atoms with Crippen molar-refractivity contribution in [2.75, 3.05) is 31.5 Å². The summed E-state index contributed by atoms with van der Waals surface area (Å²) in [5, 5.41) is 13.5. The average molecular weight is 548 g/mol. The highest BCUT2D eigenvalue weighted by Gasteiger charge is 2.36. The van der Waals surface area contributed by atoms with E-state index in [4.69, 9.17) is 4.98 Å². The smallest absolute Gasteiger partial charge is 0.387 e. The number of carbonyl (C=O) groups is 1.